The molecule has 0 unspecified atom stereocenters. The minimum Gasteiger partial charge on any atom is -0.422 e. The lowest BCUT2D eigenvalue weighted by atomic mass is 10.2. The monoisotopic (exact) mass is 489 g/mol. The van der Waals surface area contributed by atoms with E-state index >= 15 is 0 Å². The number of aromatic nitrogens is 2. The third-order valence-corrected chi connectivity index (χ3v) is 5.76. The number of ether oxygens (including phenoxy) is 1. The van der Waals surface area contributed by atoms with Crippen LogP contribution in [-0.2, 0) is 7.05 Å². The van der Waals surface area contributed by atoms with Gasteiger partial charge in [0, 0.05) is 23.3 Å². The smallest absolute Gasteiger partial charge is 0.344 e. The van der Waals surface area contributed by atoms with Crippen LogP contribution in [-0.4, -0.2) is 21.5 Å². The normalized spacial score (nSPS) is 11.1. The van der Waals surface area contributed by atoms with Crippen molar-refractivity contribution in [3.05, 3.63) is 111 Å². The van der Waals surface area contributed by atoms with Crippen molar-refractivity contribution in [3.8, 4) is 11.4 Å². The molecule has 0 amide bonds. The van der Waals surface area contributed by atoms with E-state index in [9.17, 15) is 9.59 Å². The van der Waals surface area contributed by atoms with Gasteiger partial charge in [-0.3, -0.25) is 9.48 Å². The quantitative estimate of drug-likeness (QED) is 0.219. The molecule has 0 saturated heterocycles. The maximum atomic E-state index is 13.1. The third-order valence-electron chi connectivity index (χ3n) is 5.07. The fraction of sp³-hybridized carbons (Fsp3) is 0.0800. The van der Waals surface area contributed by atoms with Gasteiger partial charge < -0.3 is 4.74 Å². The summed E-state index contributed by atoms with van der Waals surface area (Å²) in [5, 5.41) is 0. The van der Waals surface area contributed by atoms with Gasteiger partial charge in [0.05, 0.1) is 16.9 Å². The standard InChI is InChI=1S/C25H20BrN3O3/c1-17-23(24(30)29(28(17)2)19-11-4-3-5-12-19)27-16-18-10-6-9-15-22(18)32-25(31)20-13-7-8-14-21(20)26/h3-16H,1-2H3. The predicted molar refractivity (Wildman–Crippen MR) is 129 cm³/mol. The number of carbonyl (C=O) groups is 1. The number of aliphatic imine (C=N–C) groups is 1. The summed E-state index contributed by atoms with van der Waals surface area (Å²) in [5.74, 6) is -0.130. The van der Waals surface area contributed by atoms with Crippen LogP contribution in [0.3, 0.4) is 0 Å². The van der Waals surface area contributed by atoms with Crippen LogP contribution in [0, 0.1) is 6.92 Å². The number of halogens is 1. The SMILES string of the molecule is Cc1c(N=Cc2ccccc2OC(=O)c2ccccc2Br)c(=O)n(-c2ccccc2)n1C. The highest BCUT2D eigenvalue weighted by Crippen LogP contribution is 2.23. The summed E-state index contributed by atoms with van der Waals surface area (Å²) in [5.41, 5.74) is 2.58. The Bertz CT molecular complexity index is 1370. The zero-order chi connectivity index (χ0) is 22.7. The maximum absolute atomic E-state index is 13.1. The second kappa shape index (κ2) is 9.20. The van der Waals surface area contributed by atoms with Crippen LogP contribution in [0.4, 0.5) is 5.69 Å². The molecule has 0 atom stereocenters. The van der Waals surface area contributed by atoms with Crippen molar-refractivity contribution in [3.63, 3.8) is 0 Å². The van der Waals surface area contributed by atoms with Crippen LogP contribution in [0.25, 0.3) is 5.69 Å². The van der Waals surface area contributed by atoms with E-state index in [4.69, 9.17) is 4.74 Å². The molecule has 4 aromatic rings. The van der Waals surface area contributed by atoms with E-state index in [-0.39, 0.29) is 5.56 Å². The van der Waals surface area contributed by atoms with Crippen molar-refractivity contribution in [1.29, 1.82) is 0 Å². The molecular weight excluding hydrogens is 470 g/mol. The van der Waals surface area contributed by atoms with Crippen molar-refractivity contribution in [1.82, 2.24) is 9.36 Å². The molecule has 7 heteroatoms. The summed E-state index contributed by atoms with van der Waals surface area (Å²) >= 11 is 3.37. The van der Waals surface area contributed by atoms with Gasteiger partial charge in [-0.1, -0.05) is 42.5 Å². The van der Waals surface area contributed by atoms with E-state index in [1.165, 1.54) is 0 Å². The number of hydrogen-bond donors (Lipinski definition) is 0. The minimum atomic E-state index is -0.486. The van der Waals surface area contributed by atoms with Crippen LogP contribution < -0.4 is 10.3 Å². The number of esters is 1. The topological polar surface area (TPSA) is 65.6 Å². The minimum absolute atomic E-state index is 0.227. The zero-order valence-electron chi connectivity index (χ0n) is 17.5. The van der Waals surface area contributed by atoms with Gasteiger partial charge in [0.25, 0.3) is 5.56 Å². The fourth-order valence-electron chi connectivity index (χ4n) is 3.30. The van der Waals surface area contributed by atoms with Crippen LogP contribution in [0.5, 0.6) is 5.75 Å². The molecule has 6 nitrogen and oxygen atoms in total. The lowest BCUT2D eigenvalue weighted by Gasteiger charge is -2.08. The van der Waals surface area contributed by atoms with Crippen LogP contribution in [0.15, 0.2) is 93.1 Å². The number of para-hydroxylation sites is 2. The Morgan fingerprint density at radius 3 is 2.38 bits per heavy atom. The molecule has 160 valence electrons. The molecule has 0 N–H and O–H groups in total. The summed E-state index contributed by atoms with van der Waals surface area (Å²) in [6.45, 7) is 1.84. The molecule has 0 bridgehead atoms. The fourth-order valence-corrected chi connectivity index (χ4v) is 3.75. The predicted octanol–water partition coefficient (Wildman–Crippen LogP) is 5.22. The van der Waals surface area contributed by atoms with Gasteiger partial charge in [0.15, 0.2) is 5.69 Å². The van der Waals surface area contributed by atoms with Crippen molar-refractivity contribution in [2.24, 2.45) is 12.0 Å². The Hall–Kier alpha value is -3.71. The van der Waals surface area contributed by atoms with Crippen molar-refractivity contribution in [2.75, 3.05) is 0 Å². The Morgan fingerprint density at radius 1 is 0.969 bits per heavy atom. The molecule has 0 aliphatic rings. The van der Waals surface area contributed by atoms with Crippen molar-refractivity contribution in [2.45, 2.75) is 6.92 Å². The van der Waals surface area contributed by atoms with E-state index in [0.717, 1.165) is 11.4 Å². The molecule has 3 aromatic carbocycles. The molecule has 0 radical (unpaired) electrons. The van der Waals surface area contributed by atoms with Crippen molar-refractivity contribution < 1.29 is 9.53 Å². The second-order valence-corrected chi connectivity index (χ2v) is 7.93. The lowest BCUT2D eigenvalue weighted by molar-refractivity contribution is 0.0733. The third kappa shape index (κ3) is 4.20. The number of rotatable bonds is 5. The summed E-state index contributed by atoms with van der Waals surface area (Å²) in [4.78, 5) is 30.1. The Labute approximate surface area is 193 Å². The maximum Gasteiger partial charge on any atom is 0.344 e. The number of nitrogens with zero attached hydrogens (tertiary/aromatic N) is 3. The highest BCUT2D eigenvalue weighted by Gasteiger charge is 2.16. The molecule has 0 fully saturated rings. The Kier molecular flexibility index (Phi) is 6.18. The first-order valence-corrected chi connectivity index (χ1v) is 10.7. The van der Waals surface area contributed by atoms with Crippen molar-refractivity contribution >= 4 is 33.8 Å². The first-order valence-electron chi connectivity index (χ1n) is 9.91. The van der Waals surface area contributed by atoms with Crippen LogP contribution in [0.2, 0.25) is 0 Å². The van der Waals surface area contributed by atoms with E-state index in [2.05, 4.69) is 20.9 Å². The van der Waals surface area contributed by atoms with Gasteiger partial charge in [-0.15, -0.1) is 0 Å². The summed E-state index contributed by atoms with van der Waals surface area (Å²) < 4.78 is 9.60. The van der Waals surface area contributed by atoms with Gasteiger partial charge >= 0.3 is 5.97 Å². The number of benzene rings is 3. The Morgan fingerprint density at radius 2 is 1.62 bits per heavy atom. The highest BCUT2D eigenvalue weighted by molar-refractivity contribution is 9.10. The zero-order valence-corrected chi connectivity index (χ0v) is 19.1. The first-order chi connectivity index (χ1) is 15.5. The molecule has 0 spiro atoms. The van der Waals surface area contributed by atoms with Gasteiger partial charge in [0.1, 0.15) is 5.75 Å². The Balaban J connectivity index is 1.67. The summed E-state index contributed by atoms with van der Waals surface area (Å²) in [7, 11) is 1.82. The average Bonchev–Trinajstić information content (AvgIpc) is 3.02. The van der Waals surface area contributed by atoms with Gasteiger partial charge in [0.2, 0.25) is 0 Å². The molecule has 1 aromatic heterocycles. The van der Waals surface area contributed by atoms with E-state index in [0.29, 0.717) is 27.0 Å². The van der Waals surface area contributed by atoms with Gasteiger partial charge in [-0.25, -0.2) is 14.5 Å². The number of carbonyl (C=O) groups excluding carboxylic acids is 1. The number of hydrogen-bond acceptors (Lipinski definition) is 4. The van der Waals surface area contributed by atoms with Crippen LogP contribution in [0.1, 0.15) is 21.6 Å². The average molecular weight is 490 g/mol. The second-order valence-electron chi connectivity index (χ2n) is 7.08. The molecule has 4 rings (SSSR count). The largest absolute Gasteiger partial charge is 0.422 e. The molecular formula is C25H20BrN3O3. The van der Waals surface area contributed by atoms with E-state index in [1.807, 2.05) is 56.4 Å². The van der Waals surface area contributed by atoms with Gasteiger partial charge in [-0.2, -0.15) is 0 Å². The molecule has 32 heavy (non-hydrogen) atoms. The van der Waals surface area contributed by atoms with E-state index < -0.39 is 5.97 Å². The summed E-state index contributed by atoms with van der Waals surface area (Å²) in [6, 6.07) is 23.5. The highest BCUT2D eigenvalue weighted by atomic mass is 79.9. The molecule has 0 saturated carbocycles. The summed E-state index contributed by atoms with van der Waals surface area (Å²) in [6.07, 6.45) is 1.54. The molecule has 1 heterocycles. The van der Waals surface area contributed by atoms with Gasteiger partial charge in [-0.05, 0) is 59.3 Å². The molecule has 0 aliphatic heterocycles. The molecule has 0 aliphatic carbocycles. The lowest BCUT2D eigenvalue weighted by Crippen LogP contribution is -2.19. The first kappa shape index (κ1) is 21.5. The van der Waals surface area contributed by atoms with E-state index in [1.54, 1.807) is 52.0 Å². The van der Waals surface area contributed by atoms with Crippen LogP contribution >= 0.6 is 15.9 Å².